The van der Waals surface area contributed by atoms with Gasteiger partial charge in [-0.25, -0.2) is 0 Å². The summed E-state index contributed by atoms with van der Waals surface area (Å²) in [7, 11) is 0. The number of hydrogen-bond donors (Lipinski definition) is 2. The lowest BCUT2D eigenvalue weighted by Gasteiger charge is -2.10. The van der Waals surface area contributed by atoms with Crippen LogP contribution in [-0.4, -0.2) is 18.4 Å². The van der Waals surface area contributed by atoms with Crippen LogP contribution in [0.1, 0.15) is 10.4 Å². The second kappa shape index (κ2) is 7.80. The van der Waals surface area contributed by atoms with E-state index >= 15 is 0 Å². The molecule has 0 aliphatic heterocycles. The highest BCUT2D eigenvalue weighted by Crippen LogP contribution is 2.20. The predicted octanol–water partition coefficient (Wildman–Crippen LogP) is 3.83. The highest BCUT2D eigenvalue weighted by molar-refractivity contribution is 5.99. The molecule has 0 aliphatic rings. The molecule has 0 fully saturated rings. The van der Waals surface area contributed by atoms with Crippen LogP contribution < -0.4 is 15.6 Å². The molecule has 5 nitrogen and oxygen atoms in total. The Balaban J connectivity index is 1.32. The van der Waals surface area contributed by atoms with Crippen molar-refractivity contribution >= 4 is 33.4 Å². The van der Waals surface area contributed by atoms with Crippen molar-refractivity contribution in [2.45, 2.75) is 0 Å². The van der Waals surface area contributed by atoms with E-state index in [0.29, 0.717) is 11.3 Å². The average molecular weight is 370 g/mol. The van der Waals surface area contributed by atoms with Gasteiger partial charge in [-0.05, 0) is 45.8 Å². The zero-order valence-corrected chi connectivity index (χ0v) is 15.0. The van der Waals surface area contributed by atoms with Gasteiger partial charge in [-0.2, -0.15) is 0 Å². The molecule has 0 saturated carbocycles. The molecule has 2 N–H and O–H groups in total. The Morgan fingerprint density at radius 3 is 2.00 bits per heavy atom. The molecule has 0 aromatic heterocycles. The summed E-state index contributed by atoms with van der Waals surface area (Å²) >= 11 is 0. The summed E-state index contributed by atoms with van der Waals surface area (Å²) < 4.78 is 5.51. The van der Waals surface area contributed by atoms with E-state index in [1.165, 1.54) is 0 Å². The highest BCUT2D eigenvalue weighted by Gasteiger charge is 2.09. The number of ether oxygens (including phenoxy) is 1. The number of rotatable bonds is 4. The zero-order valence-electron chi connectivity index (χ0n) is 15.0. The summed E-state index contributed by atoms with van der Waals surface area (Å²) in [6, 6.07) is 26.6. The number of nitrogens with one attached hydrogen (secondary N) is 2. The smallest absolute Gasteiger partial charge is 0.276 e. The fourth-order valence-corrected chi connectivity index (χ4v) is 2.97. The molecule has 138 valence electrons. The SMILES string of the molecule is O=C(COc1ccc2ccccc2c1)NNC(=O)c1ccc2ccccc2c1. The van der Waals surface area contributed by atoms with E-state index in [1.54, 1.807) is 12.1 Å². The van der Waals surface area contributed by atoms with Crippen LogP contribution in [0.5, 0.6) is 5.75 Å². The molecule has 4 aromatic rings. The lowest BCUT2D eigenvalue weighted by molar-refractivity contribution is -0.123. The van der Waals surface area contributed by atoms with Crippen molar-refractivity contribution < 1.29 is 14.3 Å². The minimum atomic E-state index is -0.442. The van der Waals surface area contributed by atoms with Gasteiger partial charge in [-0.1, -0.05) is 60.7 Å². The quantitative estimate of drug-likeness (QED) is 0.537. The number of hydrazine groups is 1. The first-order chi connectivity index (χ1) is 13.7. The maximum absolute atomic E-state index is 12.2. The monoisotopic (exact) mass is 370 g/mol. The Morgan fingerprint density at radius 2 is 1.29 bits per heavy atom. The van der Waals surface area contributed by atoms with Crippen molar-refractivity contribution in [3.8, 4) is 5.75 Å². The van der Waals surface area contributed by atoms with E-state index in [2.05, 4.69) is 10.9 Å². The molecule has 28 heavy (non-hydrogen) atoms. The van der Waals surface area contributed by atoms with Crippen LogP contribution >= 0.6 is 0 Å². The van der Waals surface area contributed by atoms with E-state index in [-0.39, 0.29) is 12.5 Å². The fraction of sp³-hybridized carbons (Fsp3) is 0.0435. The fourth-order valence-electron chi connectivity index (χ4n) is 2.97. The molecule has 0 saturated heterocycles. The van der Waals surface area contributed by atoms with Gasteiger partial charge in [0.15, 0.2) is 6.61 Å². The Hall–Kier alpha value is -3.86. The third-order valence-corrected chi connectivity index (χ3v) is 4.42. The molecule has 0 spiro atoms. The molecule has 5 heteroatoms. The van der Waals surface area contributed by atoms with Crippen molar-refractivity contribution in [1.82, 2.24) is 10.9 Å². The highest BCUT2D eigenvalue weighted by atomic mass is 16.5. The van der Waals surface area contributed by atoms with E-state index in [4.69, 9.17) is 4.74 Å². The third-order valence-electron chi connectivity index (χ3n) is 4.42. The average Bonchev–Trinajstić information content (AvgIpc) is 2.75. The molecular formula is C23H18N2O3. The van der Waals surface area contributed by atoms with Gasteiger partial charge in [0.1, 0.15) is 5.75 Å². The predicted molar refractivity (Wildman–Crippen MR) is 109 cm³/mol. The topological polar surface area (TPSA) is 67.4 Å². The van der Waals surface area contributed by atoms with Crippen molar-refractivity contribution in [1.29, 1.82) is 0 Å². The third kappa shape index (κ3) is 3.94. The van der Waals surface area contributed by atoms with E-state index in [0.717, 1.165) is 21.5 Å². The number of benzene rings is 4. The van der Waals surface area contributed by atoms with Crippen LogP contribution in [-0.2, 0) is 4.79 Å². The molecule has 0 atom stereocenters. The molecule has 4 aromatic carbocycles. The Labute approximate surface area is 161 Å². The van der Waals surface area contributed by atoms with Gasteiger partial charge in [0, 0.05) is 5.56 Å². The lowest BCUT2D eigenvalue weighted by Crippen LogP contribution is -2.43. The van der Waals surface area contributed by atoms with E-state index < -0.39 is 5.91 Å². The van der Waals surface area contributed by atoms with Gasteiger partial charge in [0.2, 0.25) is 0 Å². The minimum absolute atomic E-state index is 0.198. The molecule has 0 radical (unpaired) electrons. The summed E-state index contributed by atoms with van der Waals surface area (Å²) in [4.78, 5) is 24.2. The zero-order chi connectivity index (χ0) is 19.3. The van der Waals surface area contributed by atoms with Gasteiger partial charge in [-0.3, -0.25) is 20.4 Å². The lowest BCUT2D eigenvalue weighted by atomic mass is 10.1. The van der Waals surface area contributed by atoms with Gasteiger partial charge in [0.05, 0.1) is 0 Å². The molecule has 0 bridgehead atoms. The molecule has 0 aliphatic carbocycles. The van der Waals surface area contributed by atoms with Crippen LogP contribution in [0.4, 0.5) is 0 Å². The van der Waals surface area contributed by atoms with E-state index in [1.807, 2.05) is 72.8 Å². The Bertz CT molecular complexity index is 1170. The van der Waals surface area contributed by atoms with E-state index in [9.17, 15) is 9.59 Å². The van der Waals surface area contributed by atoms with Crippen LogP contribution in [0.3, 0.4) is 0 Å². The number of amides is 2. The van der Waals surface area contributed by atoms with Crippen molar-refractivity contribution in [3.05, 3.63) is 90.5 Å². The second-order valence-electron chi connectivity index (χ2n) is 6.36. The molecule has 4 rings (SSSR count). The molecule has 0 unspecified atom stereocenters. The summed E-state index contributed by atoms with van der Waals surface area (Å²) in [5.74, 6) is -0.234. The van der Waals surface area contributed by atoms with Crippen LogP contribution in [0.15, 0.2) is 84.9 Å². The normalized spacial score (nSPS) is 10.6. The van der Waals surface area contributed by atoms with Gasteiger partial charge < -0.3 is 4.74 Å². The molecule has 0 heterocycles. The van der Waals surface area contributed by atoms with Gasteiger partial charge in [-0.15, -0.1) is 0 Å². The maximum Gasteiger partial charge on any atom is 0.276 e. The van der Waals surface area contributed by atoms with Crippen LogP contribution in [0.2, 0.25) is 0 Å². The van der Waals surface area contributed by atoms with Gasteiger partial charge in [0.25, 0.3) is 11.8 Å². The van der Waals surface area contributed by atoms with Crippen molar-refractivity contribution in [3.63, 3.8) is 0 Å². The number of carbonyl (C=O) groups excluding carboxylic acids is 2. The maximum atomic E-state index is 12.2. The first-order valence-electron chi connectivity index (χ1n) is 8.89. The van der Waals surface area contributed by atoms with Gasteiger partial charge >= 0.3 is 0 Å². The first kappa shape index (κ1) is 17.5. The Morgan fingerprint density at radius 1 is 0.679 bits per heavy atom. The summed E-state index contributed by atoms with van der Waals surface area (Å²) in [6.07, 6.45) is 0. The largest absolute Gasteiger partial charge is 0.484 e. The van der Waals surface area contributed by atoms with Crippen molar-refractivity contribution in [2.24, 2.45) is 0 Å². The summed E-state index contributed by atoms with van der Waals surface area (Å²) in [5, 5.41) is 4.14. The minimum Gasteiger partial charge on any atom is -0.484 e. The Kier molecular flexibility index (Phi) is 4.89. The number of hydrogen-bond acceptors (Lipinski definition) is 3. The summed E-state index contributed by atoms with van der Waals surface area (Å²) in [6.45, 7) is -0.198. The van der Waals surface area contributed by atoms with Crippen LogP contribution in [0.25, 0.3) is 21.5 Å². The second-order valence-corrected chi connectivity index (χ2v) is 6.36. The molecular weight excluding hydrogens is 352 g/mol. The van der Waals surface area contributed by atoms with Crippen LogP contribution in [0, 0.1) is 0 Å². The number of carbonyl (C=O) groups is 2. The standard InChI is InChI=1S/C23H18N2O3/c26-22(15-28-21-12-11-17-6-2-4-8-19(17)14-21)24-25-23(27)20-10-9-16-5-1-3-7-18(16)13-20/h1-14H,15H2,(H,24,26)(H,25,27). The summed E-state index contributed by atoms with van der Waals surface area (Å²) in [5.41, 5.74) is 5.25. The number of fused-ring (bicyclic) bond motifs is 2. The van der Waals surface area contributed by atoms with Crippen molar-refractivity contribution in [2.75, 3.05) is 6.61 Å². The first-order valence-corrected chi connectivity index (χ1v) is 8.89. The molecule has 2 amide bonds.